The van der Waals surface area contributed by atoms with Crippen molar-refractivity contribution in [1.29, 1.82) is 0 Å². The minimum atomic E-state index is -0.138. The van der Waals surface area contributed by atoms with Gasteiger partial charge in [-0.25, -0.2) is 0 Å². The molecule has 6 heteroatoms. The number of morpholine rings is 1. The quantitative estimate of drug-likeness (QED) is 0.779. The van der Waals surface area contributed by atoms with E-state index in [9.17, 15) is 4.79 Å². The molecule has 5 nitrogen and oxygen atoms in total. The molecule has 0 aromatic heterocycles. The second kappa shape index (κ2) is 7.56. The molecule has 1 fully saturated rings. The molecule has 0 spiro atoms. The standard InChI is InChI=1S/C15H21NO4S/c1-11(15(17)16-6-8-20-9-7-16)21-12-4-5-13(18-2)14(10-12)19-3/h4-5,10-11H,6-9H2,1-3H3/t11-/m0/s1. The van der Waals surface area contributed by atoms with Crippen molar-refractivity contribution in [2.75, 3.05) is 40.5 Å². The Morgan fingerprint density at radius 3 is 2.52 bits per heavy atom. The van der Waals surface area contributed by atoms with Crippen LogP contribution in [0.1, 0.15) is 6.92 Å². The normalized spacial score (nSPS) is 16.4. The van der Waals surface area contributed by atoms with Gasteiger partial charge in [-0.15, -0.1) is 11.8 Å². The van der Waals surface area contributed by atoms with Crippen LogP contribution in [-0.2, 0) is 9.53 Å². The van der Waals surface area contributed by atoms with E-state index >= 15 is 0 Å². The average Bonchev–Trinajstić information content (AvgIpc) is 2.54. The van der Waals surface area contributed by atoms with Gasteiger partial charge >= 0.3 is 0 Å². The third-order valence-corrected chi connectivity index (χ3v) is 4.42. The summed E-state index contributed by atoms with van der Waals surface area (Å²) < 4.78 is 15.8. The number of methoxy groups -OCH3 is 2. The monoisotopic (exact) mass is 311 g/mol. The molecular formula is C15H21NO4S. The zero-order valence-electron chi connectivity index (χ0n) is 12.6. The Bertz CT molecular complexity index is 489. The number of hydrogen-bond acceptors (Lipinski definition) is 5. The molecule has 0 radical (unpaired) electrons. The summed E-state index contributed by atoms with van der Waals surface area (Å²) in [6.45, 7) is 4.53. The molecule has 1 aromatic rings. The van der Waals surface area contributed by atoms with Crippen molar-refractivity contribution >= 4 is 17.7 Å². The van der Waals surface area contributed by atoms with Crippen LogP contribution in [0, 0.1) is 0 Å². The van der Waals surface area contributed by atoms with Gasteiger partial charge in [0.1, 0.15) is 0 Å². The van der Waals surface area contributed by atoms with Gasteiger partial charge in [-0.1, -0.05) is 0 Å². The summed E-state index contributed by atoms with van der Waals surface area (Å²) >= 11 is 1.53. The molecule has 1 atom stereocenters. The number of carbonyl (C=O) groups excluding carboxylic acids is 1. The van der Waals surface area contributed by atoms with E-state index in [0.29, 0.717) is 37.8 Å². The van der Waals surface area contributed by atoms with E-state index in [-0.39, 0.29) is 11.2 Å². The molecule has 2 rings (SSSR count). The van der Waals surface area contributed by atoms with E-state index in [2.05, 4.69) is 0 Å². The van der Waals surface area contributed by atoms with Crippen LogP contribution in [0.15, 0.2) is 23.1 Å². The molecule has 116 valence electrons. The molecule has 0 saturated carbocycles. The van der Waals surface area contributed by atoms with E-state index < -0.39 is 0 Å². The topological polar surface area (TPSA) is 48.0 Å². The Balaban J connectivity index is 2.01. The zero-order valence-corrected chi connectivity index (χ0v) is 13.4. The van der Waals surface area contributed by atoms with E-state index in [1.54, 1.807) is 14.2 Å². The van der Waals surface area contributed by atoms with Crippen LogP contribution >= 0.6 is 11.8 Å². The fraction of sp³-hybridized carbons (Fsp3) is 0.533. The van der Waals surface area contributed by atoms with Crippen LogP contribution in [0.2, 0.25) is 0 Å². The Kier molecular flexibility index (Phi) is 5.76. The molecule has 0 N–H and O–H groups in total. The highest BCUT2D eigenvalue weighted by Crippen LogP contribution is 2.33. The van der Waals surface area contributed by atoms with Crippen LogP contribution in [0.3, 0.4) is 0 Å². The van der Waals surface area contributed by atoms with Crippen molar-refractivity contribution in [3.05, 3.63) is 18.2 Å². The van der Waals surface area contributed by atoms with Crippen molar-refractivity contribution in [2.24, 2.45) is 0 Å². The third kappa shape index (κ3) is 4.04. The molecule has 1 amide bonds. The summed E-state index contributed by atoms with van der Waals surface area (Å²) in [6, 6.07) is 5.69. The van der Waals surface area contributed by atoms with Crippen molar-refractivity contribution < 1.29 is 19.0 Å². The molecule has 1 saturated heterocycles. The van der Waals surface area contributed by atoms with Gasteiger partial charge in [-0.3, -0.25) is 4.79 Å². The van der Waals surface area contributed by atoms with Crippen LogP contribution in [0.5, 0.6) is 11.5 Å². The lowest BCUT2D eigenvalue weighted by Crippen LogP contribution is -2.44. The van der Waals surface area contributed by atoms with Gasteiger partial charge in [0.25, 0.3) is 0 Å². The van der Waals surface area contributed by atoms with Crippen LogP contribution in [-0.4, -0.2) is 56.6 Å². The Morgan fingerprint density at radius 1 is 1.24 bits per heavy atom. The fourth-order valence-corrected chi connectivity index (χ4v) is 3.17. The maximum absolute atomic E-state index is 12.4. The predicted octanol–water partition coefficient (Wildman–Crippen LogP) is 2.04. The summed E-state index contributed by atoms with van der Waals surface area (Å²) in [4.78, 5) is 15.2. The van der Waals surface area contributed by atoms with E-state index in [1.165, 1.54) is 11.8 Å². The van der Waals surface area contributed by atoms with Crippen LogP contribution in [0.4, 0.5) is 0 Å². The van der Waals surface area contributed by atoms with Crippen LogP contribution < -0.4 is 9.47 Å². The minimum Gasteiger partial charge on any atom is -0.493 e. The zero-order chi connectivity index (χ0) is 15.2. The molecular weight excluding hydrogens is 290 g/mol. The van der Waals surface area contributed by atoms with Gasteiger partial charge in [0.2, 0.25) is 5.91 Å². The fourth-order valence-electron chi connectivity index (χ4n) is 2.19. The van der Waals surface area contributed by atoms with Crippen LogP contribution in [0.25, 0.3) is 0 Å². The third-order valence-electron chi connectivity index (χ3n) is 3.34. The van der Waals surface area contributed by atoms with E-state index in [4.69, 9.17) is 14.2 Å². The molecule has 0 bridgehead atoms. The first-order valence-electron chi connectivity index (χ1n) is 6.91. The van der Waals surface area contributed by atoms with Gasteiger partial charge in [0, 0.05) is 18.0 Å². The maximum atomic E-state index is 12.4. The number of ether oxygens (including phenoxy) is 3. The van der Waals surface area contributed by atoms with E-state index in [1.807, 2.05) is 30.0 Å². The predicted molar refractivity (Wildman–Crippen MR) is 82.3 cm³/mol. The van der Waals surface area contributed by atoms with Gasteiger partial charge in [-0.2, -0.15) is 0 Å². The Morgan fingerprint density at radius 2 is 1.90 bits per heavy atom. The second-order valence-corrected chi connectivity index (χ2v) is 6.13. The molecule has 1 aliphatic heterocycles. The van der Waals surface area contributed by atoms with Gasteiger partial charge in [-0.05, 0) is 25.1 Å². The molecule has 1 aliphatic rings. The maximum Gasteiger partial charge on any atom is 0.235 e. The number of amides is 1. The summed E-state index contributed by atoms with van der Waals surface area (Å²) in [5.74, 6) is 1.51. The first kappa shape index (κ1) is 16.0. The number of carbonyl (C=O) groups is 1. The molecule has 1 aromatic carbocycles. The molecule has 21 heavy (non-hydrogen) atoms. The average molecular weight is 311 g/mol. The second-order valence-electron chi connectivity index (χ2n) is 4.71. The molecule has 0 unspecified atom stereocenters. The first-order chi connectivity index (χ1) is 10.2. The molecule has 1 heterocycles. The first-order valence-corrected chi connectivity index (χ1v) is 7.79. The highest BCUT2D eigenvalue weighted by Gasteiger charge is 2.23. The lowest BCUT2D eigenvalue weighted by molar-refractivity contribution is -0.134. The SMILES string of the molecule is COc1ccc(S[C@@H](C)C(=O)N2CCOCC2)cc1OC. The number of rotatable bonds is 5. The van der Waals surface area contributed by atoms with Gasteiger partial charge in [0.05, 0.1) is 32.7 Å². The minimum absolute atomic E-state index is 0.138. The highest BCUT2D eigenvalue weighted by molar-refractivity contribution is 8.00. The van der Waals surface area contributed by atoms with Crippen molar-refractivity contribution in [3.8, 4) is 11.5 Å². The summed E-state index contributed by atoms with van der Waals surface area (Å²) in [7, 11) is 3.21. The van der Waals surface area contributed by atoms with Crippen molar-refractivity contribution in [1.82, 2.24) is 4.90 Å². The van der Waals surface area contributed by atoms with Crippen molar-refractivity contribution in [2.45, 2.75) is 17.1 Å². The number of hydrogen-bond donors (Lipinski definition) is 0. The van der Waals surface area contributed by atoms with E-state index in [0.717, 1.165) is 4.90 Å². The molecule has 0 aliphatic carbocycles. The lowest BCUT2D eigenvalue weighted by atomic mass is 10.3. The number of thioether (sulfide) groups is 1. The smallest absolute Gasteiger partial charge is 0.235 e. The highest BCUT2D eigenvalue weighted by atomic mass is 32.2. The summed E-state index contributed by atoms with van der Waals surface area (Å²) in [6.07, 6.45) is 0. The van der Waals surface area contributed by atoms with Gasteiger partial charge in [0.15, 0.2) is 11.5 Å². The van der Waals surface area contributed by atoms with Gasteiger partial charge < -0.3 is 19.1 Å². The number of nitrogens with zero attached hydrogens (tertiary/aromatic N) is 1. The Labute approximate surface area is 129 Å². The Hall–Kier alpha value is -1.40. The number of benzene rings is 1. The summed E-state index contributed by atoms with van der Waals surface area (Å²) in [5.41, 5.74) is 0. The largest absolute Gasteiger partial charge is 0.493 e. The lowest BCUT2D eigenvalue weighted by Gasteiger charge is -2.29. The summed E-state index contributed by atoms with van der Waals surface area (Å²) in [5, 5.41) is -0.138. The van der Waals surface area contributed by atoms with Crippen molar-refractivity contribution in [3.63, 3.8) is 0 Å².